The smallest absolute Gasteiger partial charge is 0.259 e. The van der Waals surface area contributed by atoms with Crippen molar-refractivity contribution in [3.8, 4) is 0 Å². The van der Waals surface area contributed by atoms with Crippen LogP contribution in [0.3, 0.4) is 0 Å². The number of aryl methyl sites for hydroxylation is 2. The fraction of sp³-hybridized carbons (Fsp3) is 0.429. The van der Waals surface area contributed by atoms with E-state index in [1.165, 1.54) is 10.4 Å². The van der Waals surface area contributed by atoms with Gasteiger partial charge >= 0.3 is 0 Å². The zero-order valence-corrected chi connectivity index (χ0v) is 16.9. The standard InChI is InChI=1S/C21H22N6OS/c28-20-18-14-4-3-5-15(14)29-21(18)23-16(22-20)12-26-10-7-13(8-11-26)19-25-24-17-6-1-2-9-27(17)19/h1-2,6,9,13H,3-5,7-8,10-12H2,(H,22,23,28). The van der Waals surface area contributed by atoms with Gasteiger partial charge in [-0.25, -0.2) is 4.98 Å². The van der Waals surface area contributed by atoms with Gasteiger partial charge in [-0.2, -0.15) is 0 Å². The Labute approximate surface area is 171 Å². The van der Waals surface area contributed by atoms with Crippen molar-refractivity contribution >= 4 is 27.2 Å². The lowest BCUT2D eigenvalue weighted by atomic mass is 9.96. The first-order valence-corrected chi connectivity index (χ1v) is 11.1. The average Bonchev–Trinajstić information content (AvgIpc) is 3.42. The molecule has 1 saturated heterocycles. The predicted molar refractivity (Wildman–Crippen MR) is 113 cm³/mol. The molecule has 0 amide bonds. The molecular weight excluding hydrogens is 384 g/mol. The molecule has 1 aliphatic carbocycles. The van der Waals surface area contributed by atoms with Crippen LogP contribution in [0.2, 0.25) is 0 Å². The van der Waals surface area contributed by atoms with Gasteiger partial charge in [-0.1, -0.05) is 6.07 Å². The summed E-state index contributed by atoms with van der Waals surface area (Å²) in [4.78, 5) is 25.2. The third kappa shape index (κ3) is 2.89. The van der Waals surface area contributed by atoms with Crippen LogP contribution in [0.15, 0.2) is 29.2 Å². The number of hydrogen-bond donors (Lipinski definition) is 1. The molecule has 6 rings (SSSR count). The summed E-state index contributed by atoms with van der Waals surface area (Å²) in [5.74, 6) is 2.26. The highest BCUT2D eigenvalue weighted by Crippen LogP contribution is 2.34. The second kappa shape index (κ2) is 6.74. The fourth-order valence-electron chi connectivity index (χ4n) is 4.82. The Morgan fingerprint density at radius 1 is 1.17 bits per heavy atom. The second-order valence-corrected chi connectivity index (χ2v) is 9.17. The maximum absolute atomic E-state index is 12.7. The first-order valence-electron chi connectivity index (χ1n) is 10.3. The van der Waals surface area contributed by atoms with E-state index in [2.05, 4.69) is 24.5 Å². The lowest BCUT2D eigenvalue weighted by Crippen LogP contribution is -2.34. The summed E-state index contributed by atoms with van der Waals surface area (Å²) in [5, 5.41) is 9.56. The zero-order valence-electron chi connectivity index (χ0n) is 16.1. The Kier molecular flexibility index (Phi) is 4.02. The highest BCUT2D eigenvalue weighted by Gasteiger charge is 2.26. The summed E-state index contributed by atoms with van der Waals surface area (Å²) < 4.78 is 2.10. The molecular formula is C21H22N6OS. The summed E-state index contributed by atoms with van der Waals surface area (Å²) >= 11 is 1.71. The molecule has 0 radical (unpaired) electrons. The van der Waals surface area contributed by atoms with E-state index in [0.29, 0.717) is 12.5 Å². The van der Waals surface area contributed by atoms with Crippen LogP contribution in [-0.4, -0.2) is 42.6 Å². The number of aromatic amines is 1. The van der Waals surface area contributed by atoms with E-state index in [4.69, 9.17) is 4.98 Å². The lowest BCUT2D eigenvalue weighted by molar-refractivity contribution is 0.197. The van der Waals surface area contributed by atoms with Gasteiger partial charge in [0.1, 0.15) is 16.5 Å². The van der Waals surface area contributed by atoms with Crippen molar-refractivity contribution in [2.75, 3.05) is 13.1 Å². The summed E-state index contributed by atoms with van der Waals surface area (Å²) in [6.45, 7) is 2.63. The Morgan fingerprint density at radius 2 is 2.07 bits per heavy atom. The van der Waals surface area contributed by atoms with E-state index in [9.17, 15) is 4.79 Å². The highest BCUT2D eigenvalue weighted by molar-refractivity contribution is 7.18. The molecule has 7 nitrogen and oxygen atoms in total. The van der Waals surface area contributed by atoms with Crippen molar-refractivity contribution in [3.05, 3.63) is 56.8 Å². The van der Waals surface area contributed by atoms with Crippen LogP contribution in [0.4, 0.5) is 0 Å². The van der Waals surface area contributed by atoms with Gasteiger partial charge in [-0.15, -0.1) is 21.5 Å². The van der Waals surface area contributed by atoms with Crippen molar-refractivity contribution in [1.82, 2.24) is 29.5 Å². The molecule has 148 valence electrons. The quantitative estimate of drug-likeness (QED) is 0.566. The van der Waals surface area contributed by atoms with Gasteiger partial charge in [0.05, 0.1) is 11.9 Å². The predicted octanol–water partition coefficient (Wildman–Crippen LogP) is 2.90. The van der Waals surface area contributed by atoms with Crippen LogP contribution in [0.25, 0.3) is 15.9 Å². The monoisotopic (exact) mass is 406 g/mol. The Morgan fingerprint density at radius 3 is 2.97 bits per heavy atom. The number of piperidine rings is 1. The third-order valence-electron chi connectivity index (χ3n) is 6.29. The number of nitrogens with zero attached hydrogens (tertiary/aromatic N) is 5. The maximum Gasteiger partial charge on any atom is 0.259 e. The molecule has 0 bridgehead atoms. The molecule has 4 aromatic rings. The molecule has 29 heavy (non-hydrogen) atoms. The number of H-pyrrole nitrogens is 1. The van der Waals surface area contributed by atoms with E-state index >= 15 is 0 Å². The molecule has 0 unspecified atom stereocenters. The Bertz CT molecular complexity index is 1260. The van der Waals surface area contributed by atoms with Gasteiger partial charge < -0.3 is 4.98 Å². The Balaban J connectivity index is 1.19. The number of pyridine rings is 1. The number of thiophene rings is 1. The second-order valence-electron chi connectivity index (χ2n) is 8.09. The molecule has 4 aromatic heterocycles. The topological polar surface area (TPSA) is 79.2 Å². The van der Waals surface area contributed by atoms with Crippen LogP contribution in [-0.2, 0) is 19.4 Å². The zero-order chi connectivity index (χ0) is 19.4. The largest absolute Gasteiger partial charge is 0.309 e. The molecule has 8 heteroatoms. The van der Waals surface area contributed by atoms with Crippen molar-refractivity contribution < 1.29 is 0 Å². The SMILES string of the molecule is O=c1[nH]c(CN2CCC(c3nnc4ccccn34)CC2)nc2sc3c(c12)CCC3. The average molecular weight is 407 g/mol. The van der Waals surface area contributed by atoms with Gasteiger partial charge in [0.25, 0.3) is 5.56 Å². The molecule has 0 saturated carbocycles. The number of fused-ring (bicyclic) bond motifs is 4. The minimum Gasteiger partial charge on any atom is -0.309 e. The van der Waals surface area contributed by atoms with E-state index in [-0.39, 0.29) is 5.56 Å². The number of rotatable bonds is 3. The van der Waals surface area contributed by atoms with E-state index in [1.54, 1.807) is 11.3 Å². The van der Waals surface area contributed by atoms with Crippen molar-refractivity contribution in [1.29, 1.82) is 0 Å². The first kappa shape index (κ1) is 17.3. The minimum absolute atomic E-state index is 0.0363. The normalized spacial score (nSPS) is 18.1. The summed E-state index contributed by atoms with van der Waals surface area (Å²) in [5.41, 5.74) is 2.18. The number of nitrogens with one attached hydrogen (secondary N) is 1. The molecule has 1 aliphatic heterocycles. The Hall–Kier alpha value is -2.58. The van der Waals surface area contributed by atoms with E-state index in [0.717, 1.165) is 72.7 Å². The van der Waals surface area contributed by atoms with Crippen molar-refractivity contribution in [2.24, 2.45) is 0 Å². The van der Waals surface area contributed by atoms with Crippen LogP contribution in [0, 0.1) is 0 Å². The summed E-state index contributed by atoms with van der Waals surface area (Å²) in [6.07, 6.45) is 7.39. The van der Waals surface area contributed by atoms with Crippen molar-refractivity contribution in [2.45, 2.75) is 44.6 Å². The number of aromatic nitrogens is 5. The highest BCUT2D eigenvalue weighted by atomic mass is 32.1. The molecule has 5 heterocycles. The molecule has 1 N–H and O–H groups in total. The first-order chi connectivity index (χ1) is 14.3. The lowest BCUT2D eigenvalue weighted by Gasteiger charge is -2.30. The molecule has 1 fully saturated rings. The van der Waals surface area contributed by atoms with E-state index in [1.807, 2.05) is 24.4 Å². The summed E-state index contributed by atoms with van der Waals surface area (Å²) in [7, 11) is 0. The van der Waals surface area contributed by atoms with Crippen molar-refractivity contribution in [3.63, 3.8) is 0 Å². The van der Waals surface area contributed by atoms with E-state index < -0.39 is 0 Å². The van der Waals surface area contributed by atoms with Gasteiger partial charge in [-0.05, 0) is 62.9 Å². The maximum atomic E-state index is 12.7. The molecule has 2 aliphatic rings. The third-order valence-corrected chi connectivity index (χ3v) is 7.48. The van der Waals surface area contributed by atoms with Gasteiger partial charge in [-0.3, -0.25) is 14.1 Å². The molecule has 0 atom stereocenters. The van der Waals surface area contributed by atoms with Crippen LogP contribution >= 0.6 is 11.3 Å². The van der Waals surface area contributed by atoms with Gasteiger partial charge in [0.15, 0.2) is 5.65 Å². The van der Waals surface area contributed by atoms with Gasteiger partial charge in [0, 0.05) is 17.0 Å². The molecule has 0 aromatic carbocycles. The van der Waals surface area contributed by atoms with Crippen LogP contribution < -0.4 is 5.56 Å². The number of likely N-dealkylation sites (tertiary alicyclic amines) is 1. The van der Waals surface area contributed by atoms with Crippen LogP contribution in [0.1, 0.15) is 47.3 Å². The van der Waals surface area contributed by atoms with Gasteiger partial charge in [0.2, 0.25) is 0 Å². The fourth-order valence-corrected chi connectivity index (χ4v) is 6.10. The number of hydrogen-bond acceptors (Lipinski definition) is 6. The summed E-state index contributed by atoms with van der Waals surface area (Å²) in [6, 6.07) is 6.00. The van der Waals surface area contributed by atoms with Crippen LogP contribution in [0.5, 0.6) is 0 Å². The minimum atomic E-state index is 0.0363. The molecule has 0 spiro atoms.